The smallest absolute Gasteiger partial charge is 0.230 e. The van der Waals surface area contributed by atoms with E-state index in [1.165, 1.54) is 6.33 Å². The zero-order chi connectivity index (χ0) is 16.4. The quantitative estimate of drug-likeness (QED) is 0.607. The number of rotatable bonds is 5. The average molecular weight is 322 g/mol. The van der Waals surface area contributed by atoms with Crippen molar-refractivity contribution < 1.29 is 9.47 Å². The van der Waals surface area contributed by atoms with Crippen LogP contribution in [0.2, 0.25) is 0 Å². The van der Waals surface area contributed by atoms with Gasteiger partial charge in [0.05, 0.1) is 30.8 Å². The Morgan fingerprint density at radius 1 is 1.17 bits per heavy atom. The Morgan fingerprint density at radius 3 is 2.96 bits per heavy atom. The molecule has 0 unspecified atom stereocenters. The molecule has 0 spiro atoms. The molecule has 4 rings (SSSR count). The van der Waals surface area contributed by atoms with Crippen LogP contribution < -0.4 is 9.47 Å². The zero-order valence-electron chi connectivity index (χ0n) is 12.9. The summed E-state index contributed by atoms with van der Waals surface area (Å²) in [5, 5.41) is 8.51. The van der Waals surface area contributed by atoms with Crippen LogP contribution in [0, 0.1) is 0 Å². The first-order valence-electron chi connectivity index (χ1n) is 7.30. The molecular weight excluding hydrogens is 308 g/mol. The van der Waals surface area contributed by atoms with Crippen molar-refractivity contribution in [3.8, 4) is 17.4 Å². The lowest BCUT2D eigenvalue weighted by molar-refractivity contribution is 0.415. The fraction of sp³-hybridized carbons (Fsp3) is 0.125. The Morgan fingerprint density at radius 2 is 2.12 bits per heavy atom. The molecule has 0 saturated heterocycles. The Hall–Kier alpha value is -3.42. The van der Waals surface area contributed by atoms with E-state index >= 15 is 0 Å². The molecule has 1 N–H and O–H groups in total. The summed E-state index contributed by atoms with van der Waals surface area (Å²) < 4.78 is 12.9. The highest BCUT2D eigenvalue weighted by atomic mass is 16.5. The fourth-order valence-corrected chi connectivity index (χ4v) is 2.39. The van der Waals surface area contributed by atoms with Crippen LogP contribution in [0.3, 0.4) is 0 Å². The van der Waals surface area contributed by atoms with E-state index < -0.39 is 0 Å². The van der Waals surface area contributed by atoms with Crippen molar-refractivity contribution in [2.24, 2.45) is 0 Å². The summed E-state index contributed by atoms with van der Waals surface area (Å²) in [6.07, 6.45) is 6.69. The minimum atomic E-state index is 0.477. The highest BCUT2D eigenvalue weighted by Gasteiger charge is 2.09. The highest BCUT2D eigenvalue weighted by Crippen LogP contribution is 2.29. The van der Waals surface area contributed by atoms with E-state index in [1.807, 2.05) is 24.3 Å². The predicted octanol–water partition coefficient (Wildman–Crippen LogP) is 2.40. The first-order chi connectivity index (χ1) is 11.8. The number of methoxy groups -OCH3 is 1. The average Bonchev–Trinajstić information content (AvgIpc) is 3.27. The molecular formula is C16H14N6O2. The van der Waals surface area contributed by atoms with Gasteiger partial charge in [0.25, 0.3) is 0 Å². The molecule has 0 bridgehead atoms. The zero-order valence-corrected chi connectivity index (χ0v) is 12.9. The normalized spacial score (nSPS) is 10.9. The number of nitrogens with one attached hydrogen (secondary N) is 1. The van der Waals surface area contributed by atoms with Gasteiger partial charge in [0.15, 0.2) is 0 Å². The molecule has 0 radical (unpaired) electrons. The van der Waals surface area contributed by atoms with Gasteiger partial charge in [-0.3, -0.25) is 0 Å². The van der Waals surface area contributed by atoms with Crippen molar-refractivity contribution in [2.45, 2.75) is 6.54 Å². The summed E-state index contributed by atoms with van der Waals surface area (Å²) in [6, 6.07) is 7.48. The number of benzene rings is 1. The fourth-order valence-electron chi connectivity index (χ4n) is 2.39. The van der Waals surface area contributed by atoms with E-state index in [4.69, 9.17) is 9.47 Å². The lowest BCUT2D eigenvalue weighted by Crippen LogP contribution is -2.00. The van der Waals surface area contributed by atoms with E-state index in [0.717, 1.165) is 22.3 Å². The van der Waals surface area contributed by atoms with Crippen LogP contribution >= 0.6 is 0 Å². The van der Waals surface area contributed by atoms with Crippen molar-refractivity contribution in [2.75, 3.05) is 7.11 Å². The van der Waals surface area contributed by atoms with Crippen LogP contribution in [0.5, 0.6) is 17.4 Å². The third kappa shape index (κ3) is 2.76. The molecule has 0 fully saturated rings. The largest absolute Gasteiger partial charge is 0.497 e. The minimum absolute atomic E-state index is 0.477. The van der Waals surface area contributed by atoms with Crippen molar-refractivity contribution in [3.63, 3.8) is 0 Å². The molecule has 120 valence electrons. The van der Waals surface area contributed by atoms with Crippen LogP contribution in [0.15, 0.2) is 49.2 Å². The molecule has 0 aliphatic carbocycles. The third-order valence-electron chi connectivity index (χ3n) is 3.54. The molecule has 0 aliphatic heterocycles. The first-order valence-corrected chi connectivity index (χ1v) is 7.30. The Kier molecular flexibility index (Phi) is 3.54. The van der Waals surface area contributed by atoms with Crippen LogP contribution in [0.25, 0.3) is 10.9 Å². The maximum absolute atomic E-state index is 5.91. The first kappa shape index (κ1) is 14.2. The van der Waals surface area contributed by atoms with Crippen LogP contribution in [-0.4, -0.2) is 37.1 Å². The molecule has 24 heavy (non-hydrogen) atoms. The summed E-state index contributed by atoms with van der Waals surface area (Å²) in [6.45, 7) is 0.585. The monoisotopic (exact) mass is 322 g/mol. The lowest BCUT2D eigenvalue weighted by Gasteiger charge is -2.07. The second kappa shape index (κ2) is 5.99. The number of H-pyrrole nitrogens is 1. The Bertz CT molecular complexity index is 964. The van der Waals surface area contributed by atoms with Gasteiger partial charge in [-0.05, 0) is 18.2 Å². The summed E-state index contributed by atoms with van der Waals surface area (Å²) in [5.41, 5.74) is 1.74. The Balaban J connectivity index is 1.61. The summed E-state index contributed by atoms with van der Waals surface area (Å²) in [4.78, 5) is 11.6. The highest BCUT2D eigenvalue weighted by molar-refractivity contribution is 5.84. The van der Waals surface area contributed by atoms with Crippen molar-refractivity contribution in [1.29, 1.82) is 0 Å². The predicted molar refractivity (Wildman–Crippen MR) is 86.1 cm³/mol. The number of ether oxygens (including phenoxy) is 2. The van der Waals surface area contributed by atoms with E-state index in [9.17, 15) is 0 Å². The van der Waals surface area contributed by atoms with Gasteiger partial charge in [0.2, 0.25) is 5.88 Å². The number of aromatic nitrogens is 6. The topological polar surface area (TPSA) is 90.7 Å². The molecule has 0 atom stereocenters. The third-order valence-corrected chi connectivity index (χ3v) is 3.54. The number of hydrogen-bond acceptors (Lipinski definition) is 6. The molecule has 3 aromatic heterocycles. The van der Waals surface area contributed by atoms with E-state index in [-0.39, 0.29) is 0 Å². The van der Waals surface area contributed by atoms with Crippen molar-refractivity contribution in [1.82, 2.24) is 29.9 Å². The lowest BCUT2D eigenvalue weighted by atomic mass is 10.2. The van der Waals surface area contributed by atoms with Crippen LogP contribution in [0.4, 0.5) is 0 Å². The van der Waals surface area contributed by atoms with Gasteiger partial charge in [-0.15, -0.1) is 5.10 Å². The van der Waals surface area contributed by atoms with Gasteiger partial charge in [-0.25, -0.2) is 14.6 Å². The van der Waals surface area contributed by atoms with E-state index in [2.05, 4.69) is 25.3 Å². The number of fused-ring (bicyclic) bond motifs is 1. The van der Waals surface area contributed by atoms with Gasteiger partial charge in [-0.1, -0.05) is 5.21 Å². The molecule has 4 aromatic rings. The second-order valence-corrected chi connectivity index (χ2v) is 5.13. The van der Waals surface area contributed by atoms with Crippen molar-refractivity contribution in [3.05, 3.63) is 54.9 Å². The number of nitrogens with zero attached hydrogens (tertiary/aromatic N) is 5. The summed E-state index contributed by atoms with van der Waals surface area (Å²) in [7, 11) is 1.62. The van der Waals surface area contributed by atoms with Gasteiger partial charge in [0, 0.05) is 24.2 Å². The molecule has 8 heteroatoms. The van der Waals surface area contributed by atoms with Gasteiger partial charge < -0.3 is 14.5 Å². The minimum Gasteiger partial charge on any atom is -0.497 e. The molecule has 3 heterocycles. The van der Waals surface area contributed by atoms with Gasteiger partial charge in [-0.2, -0.15) is 0 Å². The maximum atomic E-state index is 5.91. The maximum Gasteiger partial charge on any atom is 0.230 e. The van der Waals surface area contributed by atoms with E-state index in [1.54, 1.807) is 30.4 Å². The van der Waals surface area contributed by atoms with Crippen molar-refractivity contribution >= 4 is 10.9 Å². The molecule has 0 amide bonds. The van der Waals surface area contributed by atoms with E-state index in [0.29, 0.717) is 18.2 Å². The van der Waals surface area contributed by atoms with Gasteiger partial charge in [0.1, 0.15) is 17.8 Å². The standard InChI is InChI=1S/C16H14N6O2/c1-23-12-2-3-15-14(7-12)16(19-10-18-15)24-13-6-11(17-8-13)9-22-5-4-20-21-22/h2-8,10,17H,9H2,1H3. The molecule has 0 aliphatic rings. The number of aromatic amines is 1. The molecule has 1 aromatic carbocycles. The molecule has 0 saturated carbocycles. The second-order valence-electron chi connectivity index (χ2n) is 5.13. The SMILES string of the molecule is COc1ccc2ncnc(Oc3c[nH]c(Cn4ccnn4)c3)c2c1. The van der Waals surface area contributed by atoms with Gasteiger partial charge >= 0.3 is 0 Å². The molecule has 8 nitrogen and oxygen atoms in total. The Labute approximate surface area is 137 Å². The summed E-state index contributed by atoms with van der Waals surface area (Å²) in [5.74, 6) is 1.86. The van der Waals surface area contributed by atoms with Crippen LogP contribution in [-0.2, 0) is 6.54 Å². The van der Waals surface area contributed by atoms with Crippen LogP contribution in [0.1, 0.15) is 5.69 Å². The number of hydrogen-bond donors (Lipinski definition) is 1. The summed E-state index contributed by atoms with van der Waals surface area (Å²) >= 11 is 0.